The molecule has 2 fully saturated rings. The number of halogens is 2. The highest BCUT2D eigenvalue weighted by Crippen LogP contribution is 2.48. The number of hydrazone groups is 1. The summed E-state index contributed by atoms with van der Waals surface area (Å²) in [5.74, 6) is -0.238. The number of quaternary nitrogens is 1. The minimum absolute atomic E-state index is 0.0429. The molecule has 12 nitrogen and oxygen atoms in total. The van der Waals surface area contributed by atoms with E-state index in [9.17, 15) is 9.50 Å². The predicted octanol–water partition coefficient (Wildman–Crippen LogP) is 4.77. The van der Waals surface area contributed by atoms with Crippen molar-refractivity contribution < 1.29 is 28.2 Å². The van der Waals surface area contributed by atoms with Crippen molar-refractivity contribution in [2.24, 2.45) is 5.10 Å². The van der Waals surface area contributed by atoms with Gasteiger partial charge in [-0.05, 0) is 25.0 Å². The highest BCUT2D eigenvalue weighted by molar-refractivity contribution is 6.13. The largest absolute Gasteiger partial charge is 0.496 e. The van der Waals surface area contributed by atoms with Gasteiger partial charge in [-0.2, -0.15) is 10.1 Å². The van der Waals surface area contributed by atoms with E-state index in [0.717, 1.165) is 11.6 Å². The van der Waals surface area contributed by atoms with Crippen LogP contribution < -0.4 is 14.5 Å². The molecule has 5 atom stereocenters. The lowest BCUT2D eigenvalue weighted by Gasteiger charge is -2.44. The van der Waals surface area contributed by atoms with Crippen LogP contribution in [0.25, 0.3) is 0 Å². The summed E-state index contributed by atoms with van der Waals surface area (Å²) in [6, 6.07) is 19.3. The molecule has 0 bridgehead atoms. The highest BCUT2D eigenvalue weighted by Gasteiger charge is 2.66. The first-order valence-electron chi connectivity index (χ1n) is 17.4. The summed E-state index contributed by atoms with van der Waals surface area (Å²) in [5.41, 5.74) is 0.432. The van der Waals surface area contributed by atoms with Crippen molar-refractivity contribution in [2.45, 2.75) is 56.5 Å². The van der Waals surface area contributed by atoms with Gasteiger partial charge < -0.3 is 19.9 Å². The number of nitrogens with zero attached hydrogens (tertiary/aromatic N) is 7. The molecule has 2 N–H and O–H groups in total. The van der Waals surface area contributed by atoms with Crippen LogP contribution >= 0.6 is 0 Å². The fourth-order valence-electron chi connectivity index (χ4n) is 8.01. The number of urea groups is 1. The number of amides is 2. The van der Waals surface area contributed by atoms with Crippen molar-refractivity contribution in [3.63, 3.8) is 0 Å². The molecule has 51 heavy (non-hydrogen) atoms. The number of hydrogen-bond donors (Lipinski definition) is 2. The first kappa shape index (κ1) is 34.7. The number of aromatic nitrogens is 3. The molecule has 4 unspecified atom stereocenters. The van der Waals surface area contributed by atoms with E-state index in [1.165, 1.54) is 29.8 Å². The fraction of sp³-hybridized carbons (Fsp3) is 0.405. The molecule has 3 aliphatic rings. The zero-order valence-corrected chi connectivity index (χ0v) is 28.7. The third kappa shape index (κ3) is 6.05. The molecule has 4 heterocycles. The molecule has 3 aromatic carbocycles. The number of piperazine rings is 1. The number of carbonyl (C=O) groups is 1. The van der Waals surface area contributed by atoms with Gasteiger partial charge in [0.1, 0.15) is 54.0 Å². The summed E-state index contributed by atoms with van der Waals surface area (Å²) in [6.07, 6.45) is 3.97. The molecule has 7 rings (SSSR count). The van der Waals surface area contributed by atoms with Gasteiger partial charge in [-0.3, -0.25) is 4.90 Å². The van der Waals surface area contributed by atoms with Gasteiger partial charge in [0.2, 0.25) is 0 Å². The van der Waals surface area contributed by atoms with Crippen molar-refractivity contribution in [3.05, 3.63) is 108 Å². The zero-order valence-electron chi connectivity index (χ0n) is 28.7. The third-order valence-electron chi connectivity index (χ3n) is 10.4. The number of hydrogen-bond acceptors (Lipinski definition) is 9. The maximum Gasteiger partial charge on any atom is 0.453 e. The highest BCUT2D eigenvalue weighted by atomic mass is 19.1. The fourth-order valence-corrected chi connectivity index (χ4v) is 8.01. The van der Waals surface area contributed by atoms with Crippen LogP contribution in [0.4, 0.5) is 19.3 Å². The molecule has 0 radical (unpaired) electrons. The van der Waals surface area contributed by atoms with Crippen LogP contribution in [0.5, 0.6) is 5.75 Å². The van der Waals surface area contributed by atoms with Gasteiger partial charge in [-0.15, -0.1) is 4.48 Å². The van der Waals surface area contributed by atoms with E-state index < -0.39 is 23.3 Å². The second kappa shape index (κ2) is 14.5. The minimum Gasteiger partial charge on any atom is -0.496 e. The van der Waals surface area contributed by atoms with Crippen LogP contribution in [0, 0.1) is 11.6 Å². The summed E-state index contributed by atoms with van der Waals surface area (Å²) < 4.78 is 43.9. The molecule has 0 aliphatic carbocycles. The number of nitrogens with one attached hydrogen (secondary N) is 1. The number of rotatable bonds is 11. The third-order valence-corrected chi connectivity index (χ3v) is 10.4. The molecule has 0 spiro atoms. The number of ether oxygens (including phenoxy) is 2. The first-order chi connectivity index (χ1) is 24.9. The Morgan fingerprint density at radius 2 is 1.94 bits per heavy atom. The van der Waals surface area contributed by atoms with Crippen molar-refractivity contribution >= 4 is 17.7 Å². The zero-order chi connectivity index (χ0) is 35.6. The topological polar surface area (TPSA) is 117 Å². The first-order valence-corrected chi connectivity index (χ1v) is 17.4. The van der Waals surface area contributed by atoms with E-state index in [1.54, 1.807) is 11.8 Å². The van der Waals surface area contributed by atoms with Crippen LogP contribution in [0.2, 0.25) is 0 Å². The van der Waals surface area contributed by atoms with Gasteiger partial charge in [0, 0.05) is 62.0 Å². The molecule has 4 aromatic rings. The summed E-state index contributed by atoms with van der Waals surface area (Å²) >= 11 is 0. The van der Waals surface area contributed by atoms with Crippen LogP contribution in [0.1, 0.15) is 43.4 Å². The number of guanidine groups is 1. The average Bonchev–Trinajstić information content (AvgIpc) is 3.90. The number of carbonyl (C=O) groups excluding carboxylic acids is 1. The van der Waals surface area contributed by atoms with E-state index in [4.69, 9.17) is 14.6 Å². The molecule has 2 amide bonds. The van der Waals surface area contributed by atoms with Crippen molar-refractivity contribution in [1.82, 2.24) is 34.5 Å². The molecule has 2 saturated heterocycles. The molecule has 14 heteroatoms. The maximum absolute atomic E-state index is 15.8. The van der Waals surface area contributed by atoms with Crippen molar-refractivity contribution in [3.8, 4) is 5.75 Å². The molecular weight excluding hydrogens is 658 g/mol. The minimum atomic E-state index is -1.34. The molecule has 268 valence electrons. The summed E-state index contributed by atoms with van der Waals surface area (Å²) in [5, 5.41) is 24.7. The monoisotopic (exact) mass is 701 g/mol. The van der Waals surface area contributed by atoms with Gasteiger partial charge >= 0.3 is 12.0 Å². The van der Waals surface area contributed by atoms with Crippen LogP contribution in [0.15, 0.2) is 90.6 Å². The molecule has 1 aromatic heterocycles. The summed E-state index contributed by atoms with van der Waals surface area (Å²) in [4.78, 5) is 21.8. The Morgan fingerprint density at radius 1 is 1.14 bits per heavy atom. The maximum atomic E-state index is 15.8. The van der Waals surface area contributed by atoms with Crippen molar-refractivity contribution in [1.29, 1.82) is 0 Å². The van der Waals surface area contributed by atoms with Gasteiger partial charge in [-0.25, -0.2) is 23.2 Å². The van der Waals surface area contributed by atoms with Crippen LogP contribution in [-0.4, -0.2) is 93.8 Å². The quantitative estimate of drug-likeness (QED) is 0.215. The lowest BCUT2D eigenvalue weighted by atomic mass is 9.87. The van der Waals surface area contributed by atoms with E-state index in [2.05, 4.69) is 20.3 Å². The van der Waals surface area contributed by atoms with E-state index in [0.29, 0.717) is 49.9 Å². The van der Waals surface area contributed by atoms with E-state index in [1.807, 2.05) is 61.5 Å². The Labute approximate surface area is 295 Å². The second-order valence-corrected chi connectivity index (χ2v) is 13.2. The number of aliphatic hydroxyl groups is 1. The van der Waals surface area contributed by atoms with Crippen molar-refractivity contribution in [2.75, 3.05) is 40.0 Å². The average molecular weight is 702 g/mol. The van der Waals surface area contributed by atoms with E-state index in [-0.39, 0.29) is 54.3 Å². The summed E-state index contributed by atoms with van der Waals surface area (Å²) in [6.45, 7) is 3.70. The van der Waals surface area contributed by atoms with Gasteiger partial charge in [0.25, 0.3) is 0 Å². The number of benzene rings is 3. The number of aliphatic hydroxyl groups excluding tert-OH is 1. The van der Waals surface area contributed by atoms with Crippen LogP contribution in [0.3, 0.4) is 0 Å². The standard InChI is InChI=1S/C37H43F2N8O4/c1-3-27(15-18-48)46-36(49)47(28-9-5-4-6-10-28,35(43-46)45-17-16-40-21-33(45)30-11-7-8-12-34(30)50-2)29-20-37(51-22-29,23-44-25-41-24-42-44)31-14-13-26(38)19-32(31)39/h4-14,19,24-25,27,29,33,40,48H,3,15-18,20-23H2,1-2H3/q+1/t27?,29?,33-,37?,47?/m0/s1. The smallest absolute Gasteiger partial charge is 0.453 e. The molecular formula is C37H43F2N8O4+. The summed E-state index contributed by atoms with van der Waals surface area (Å²) in [7, 11) is 1.64. The lowest BCUT2D eigenvalue weighted by molar-refractivity contribution is -0.0204. The SMILES string of the molecule is CCC(CCO)N1N=C(N2CCNC[C@H]2c2ccccc2OC)[N+](c2ccccc2)(C2COC(Cn3cncn3)(c3ccc(F)cc3F)C2)C1=O. The Morgan fingerprint density at radius 3 is 2.67 bits per heavy atom. The Balaban J connectivity index is 1.43. The molecule has 3 aliphatic heterocycles. The Kier molecular flexibility index (Phi) is 9.84. The van der Waals surface area contributed by atoms with Gasteiger partial charge in [0.05, 0.1) is 25.7 Å². The number of para-hydroxylation sites is 2. The predicted molar refractivity (Wildman–Crippen MR) is 186 cm³/mol. The Hall–Kier alpha value is -4.76. The number of methoxy groups -OCH3 is 1. The molecule has 0 saturated carbocycles. The second-order valence-electron chi connectivity index (χ2n) is 13.2. The Bertz CT molecular complexity index is 1860. The van der Waals surface area contributed by atoms with E-state index >= 15 is 9.18 Å². The van der Waals surface area contributed by atoms with Gasteiger partial charge in [-0.1, -0.05) is 54.5 Å². The van der Waals surface area contributed by atoms with Gasteiger partial charge in [0.15, 0.2) is 0 Å². The van der Waals surface area contributed by atoms with Crippen LogP contribution in [-0.2, 0) is 16.9 Å². The normalized spacial score (nSPS) is 25.7. The lowest BCUT2D eigenvalue weighted by Crippen LogP contribution is -2.69.